The molecule has 1 aromatic carbocycles. The van der Waals surface area contributed by atoms with Gasteiger partial charge in [-0.05, 0) is 34.1 Å². The molecule has 0 saturated carbocycles. The Morgan fingerprint density at radius 2 is 2.12 bits per heavy atom. The number of rotatable bonds is 5. The highest BCUT2D eigenvalue weighted by molar-refractivity contribution is 9.10. The van der Waals surface area contributed by atoms with Crippen LogP contribution in [-0.2, 0) is 11.2 Å². The molecule has 0 radical (unpaired) electrons. The lowest BCUT2D eigenvalue weighted by molar-refractivity contribution is -0.121. The number of hydrogen-bond acceptors (Lipinski definition) is 6. The van der Waals surface area contributed by atoms with E-state index in [1.807, 2.05) is 41.1 Å². The zero-order valence-corrected chi connectivity index (χ0v) is 16.8. The van der Waals surface area contributed by atoms with Crippen LogP contribution in [0.2, 0.25) is 0 Å². The first-order valence-corrected chi connectivity index (χ1v) is 10.6. The van der Waals surface area contributed by atoms with Crippen molar-refractivity contribution in [3.05, 3.63) is 51.3 Å². The van der Waals surface area contributed by atoms with E-state index in [-0.39, 0.29) is 18.4 Å². The van der Waals surface area contributed by atoms with Crippen LogP contribution in [0.3, 0.4) is 0 Å². The predicted octanol–water partition coefficient (Wildman–Crippen LogP) is 4.13. The Kier molecular flexibility index (Phi) is 5.23. The molecular weight excluding hydrogens is 436 g/mol. The standard InChI is InChI=1S/C18H15BrN2O3S2/c19-11-5-16(25-9-11)18-21-12(10-26-18)6-17(22)20-7-13-8-23-14-3-1-2-4-15(14)24-13/h1-5,9-10,13H,6-8H2,(H,20,22). The molecule has 0 bridgehead atoms. The lowest BCUT2D eigenvalue weighted by Gasteiger charge is -2.26. The summed E-state index contributed by atoms with van der Waals surface area (Å²) in [4.78, 5) is 17.8. The molecule has 0 aliphatic carbocycles. The van der Waals surface area contributed by atoms with E-state index in [9.17, 15) is 4.79 Å². The van der Waals surface area contributed by atoms with Gasteiger partial charge in [-0.15, -0.1) is 22.7 Å². The monoisotopic (exact) mass is 450 g/mol. The third kappa shape index (κ3) is 4.08. The molecule has 2 aromatic heterocycles. The molecule has 134 valence electrons. The molecule has 4 rings (SSSR count). The van der Waals surface area contributed by atoms with Crippen LogP contribution in [0.15, 0.2) is 45.6 Å². The normalized spacial score (nSPS) is 15.7. The minimum Gasteiger partial charge on any atom is -0.486 e. The van der Waals surface area contributed by atoms with Crippen molar-refractivity contribution >= 4 is 44.5 Å². The highest BCUT2D eigenvalue weighted by Gasteiger charge is 2.21. The fourth-order valence-electron chi connectivity index (χ4n) is 2.54. The number of thiazole rings is 1. The molecule has 5 nitrogen and oxygen atoms in total. The van der Waals surface area contributed by atoms with Crippen molar-refractivity contribution in [3.8, 4) is 21.4 Å². The Morgan fingerprint density at radius 1 is 1.27 bits per heavy atom. The van der Waals surface area contributed by atoms with E-state index in [2.05, 4.69) is 26.2 Å². The molecule has 1 atom stereocenters. The molecule has 3 heterocycles. The number of ether oxygens (including phenoxy) is 2. The number of para-hydroxylation sites is 2. The van der Waals surface area contributed by atoms with Gasteiger partial charge in [0.25, 0.3) is 0 Å². The van der Waals surface area contributed by atoms with Crippen molar-refractivity contribution in [2.45, 2.75) is 12.5 Å². The Bertz CT molecular complexity index is 925. The fourth-order valence-corrected chi connectivity index (χ4v) is 4.87. The number of thiophene rings is 1. The summed E-state index contributed by atoms with van der Waals surface area (Å²) in [6.07, 6.45) is 0.0658. The van der Waals surface area contributed by atoms with E-state index in [1.165, 1.54) is 0 Å². The molecule has 26 heavy (non-hydrogen) atoms. The third-order valence-electron chi connectivity index (χ3n) is 3.77. The topological polar surface area (TPSA) is 60.5 Å². The summed E-state index contributed by atoms with van der Waals surface area (Å²) in [6, 6.07) is 9.57. The zero-order chi connectivity index (χ0) is 17.9. The van der Waals surface area contributed by atoms with E-state index in [0.29, 0.717) is 18.9 Å². The minimum atomic E-state index is -0.191. The molecule has 0 saturated heterocycles. The molecular formula is C18H15BrN2O3S2. The van der Waals surface area contributed by atoms with Gasteiger partial charge in [0, 0.05) is 15.2 Å². The van der Waals surface area contributed by atoms with Gasteiger partial charge < -0.3 is 14.8 Å². The quantitative estimate of drug-likeness (QED) is 0.634. The molecule has 8 heteroatoms. The number of halogens is 1. The van der Waals surface area contributed by atoms with Crippen LogP contribution in [0.5, 0.6) is 11.5 Å². The van der Waals surface area contributed by atoms with Crippen molar-refractivity contribution in [1.29, 1.82) is 0 Å². The highest BCUT2D eigenvalue weighted by atomic mass is 79.9. The van der Waals surface area contributed by atoms with Crippen molar-refractivity contribution in [2.24, 2.45) is 0 Å². The van der Waals surface area contributed by atoms with Gasteiger partial charge in [0.15, 0.2) is 11.5 Å². The summed E-state index contributed by atoms with van der Waals surface area (Å²) in [6.45, 7) is 0.827. The number of hydrogen-bond donors (Lipinski definition) is 1. The number of nitrogens with one attached hydrogen (secondary N) is 1. The lowest BCUT2D eigenvalue weighted by Crippen LogP contribution is -2.41. The second-order valence-corrected chi connectivity index (χ2v) is 8.44. The maximum Gasteiger partial charge on any atom is 0.226 e. The van der Waals surface area contributed by atoms with E-state index in [1.54, 1.807) is 22.7 Å². The second-order valence-electron chi connectivity index (χ2n) is 5.75. The second kappa shape index (κ2) is 7.77. The smallest absolute Gasteiger partial charge is 0.226 e. The van der Waals surface area contributed by atoms with E-state index < -0.39 is 0 Å². The van der Waals surface area contributed by atoms with Crippen molar-refractivity contribution in [3.63, 3.8) is 0 Å². The van der Waals surface area contributed by atoms with Crippen LogP contribution in [0.4, 0.5) is 0 Å². The van der Waals surface area contributed by atoms with Gasteiger partial charge in [-0.3, -0.25) is 4.79 Å². The molecule has 1 aliphatic heterocycles. The highest BCUT2D eigenvalue weighted by Crippen LogP contribution is 2.32. The summed E-state index contributed by atoms with van der Waals surface area (Å²) in [5.74, 6) is 1.38. The van der Waals surface area contributed by atoms with Crippen LogP contribution in [-0.4, -0.2) is 30.1 Å². The molecule has 3 aromatic rings. The summed E-state index contributed by atoms with van der Waals surface area (Å²) in [5, 5.41) is 7.79. The Hall–Kier alpha value is -1.90. The number of nitrogens with zero attached hydrogens (tertiary/aromatic N) is 1. The summed E-state index contributed by atoms with van der Waals surface area (Å²) in [7, 11) is 0. The molecule has 1 amide bonds. The molecule has 1 aliphatic rings. The Morgan fingerprint density at radius 3 is 2.92 bits per heavy atom. The average Bonchev–Trinajstić information content (AvgIpc) is 3.28. The van der Waals surface area contributed by atoms with Crippen molar-refractivity contribution < 1.29 is 14.3 Å². The van der Waals surface area contributed by atoms with Crippen LogP contribution in [0.25, 0.3) is 9.88 Å². The van der Waals surface area contributed by atoms with Crippen LogP contribution in [0, 0.1) is 0 Å². The van der Waals surface area contributed by atoms with Gasteiger partial charge in [-0.25, -0.2) is 4.98 Å². The number of carbonyl (C=O) groups is 1. The van der Waals surface area contributed by atoms with Gasteiger partial charge in [-0.2, -0.15) is 0 Å². The van der Waals surface area contributed by atoms with E-state index >= 15 is 0 Å². The Balaban J connectivity index is 1.29. The number of benzene rings is 1. The van der Waals surface area contributed by atoms with Gasteiger partial charge >= 0.3 is 0 Å². The first-order valence-electron chi connectivity index (χ1n) is 8.01. The predicted molar refractivity (Wildman–Crippen MR) is 106 cm³/mol. The first kappa shape index (κ1) is 17.5. The molecule has 1 unspecified atom stereocenters. The molecule has 0 spiro atoms. The maximum absolute atomic E-state index is 12.2. The lowest BCUT2D eigenvalue weighted by atomic mass is 10.2. The SMILES string of the molecule is O=C(Cc1csc(-c2cc(Br)cs2)n1)NCC1COc2ccccc2O1. The van der Waals surface area contributed by atoms with E-state index in [4.69, 9.17) is 9.47 Å². The number of amides is 1. The Labute approximate surface area is 167 Å². The van der Waals surface area contributed by atoms with Gasteiger partial charge in [0.05, 0.1) is 23.5 Å². The van der Waals surface area contributed by atoms with Crippen LogP contribution >= 0.6 is 38.6 Å². The molecule has 1 N–H and O–H groups in total. The van der Waals surface area contributed by atoms with Crippen molar-refractivity contribution in [2.75, 3.05) is 13.2 Å². The summed E-state index contributed by atoms with van der Waals surface area (Å²) in [5.41, 5.74) is 0.776. The zero-order valence-electron chi connectivity index (χ0n) is 13.6. The number of fused-ring (bicyclic) bond motifs is 1. The molecule has 0 fully saturated rings. The van der Waals surface area contributed by atoms with E-state index in [0.717, 1.165) is 25.8 Å². The first-order chi connectivity index (χ1) is 12.7. The van der Waals surface area contributed by atoms with Gasteiger partial charge in [0.1, 0.15) is 17.7 Å². The largest absolute Gasteiger partial charge is 0.486 e. The number of carbonyl (C=O) groups excluding carboxylic acids is 1. The van der Waals surface area contributed by atoms with Gasteiger partial charge in [0.2, 0.25) is 5.91 Å². The fraction of sp³-hybridized carbons (Fsp3) is 0.222. The summed E-state index contributed by atoms with van der Waals surface area (Å²) >= 11 is 6.62. The van der Waals surface area contributed by atoms with Crippen molar-refractivity contribution in [1.82, 2.24) is 10.3 Å². The maximum atomic E-state index is 12.2. The number of aromatic nitrogens is 1. The van der Waals surface area contributed by atoms with Crippen LogP contribution in [0.1, 0.15) is 5.69 Å². The average molecular weight is 451 g/mol. The van der Waals surface area contributed by atoms with Gasteiger partial charge in [-0.1, -0.05) is 12.1 Å². The summed E-state index contributed by atoms with van der Waals surface area (Å²) < 4.78 is 12.5. The van der Waals surface area contributed by atoms with Crippen LogP contribution < -0.4 is 14.8 Å². The minimum absolute atomic E-state index is 0.0725. The third-order valence-corrected chi connectivity index (χ3v) is 6.52.